The Kier molecular flexibility index (Phi) is 7.20. The van der Waals surface area contributed by atoms with E-state index in [1.165, 1.54) is 17.8 Å². The number of carbonyl (C=O) groups excluding carboxylic acids is 1. The molecular formula is C27H29N3O4S2. The number of furan rings is 1. The average molecular weight is 524 g/mol. The number of benzene rings is 1. The third kappa shape index (κ3) is 4.69. The first kappa shape index (κ1) is 24.6. The zero-order valence-electron chi connectivity index (χ0n) is 20.7. The summed E-state index contributed by atoms with van der Waals surface area (Å²) in [6.45, 7) is 5.79. The van der Waals surface area contributed by atoms with Gasteiger partial charge in [-0.3, -0.25) is 9.36 Å². The lowest BCUT2D eigenvalue weighted by Gasteiger charge is -2.25. The van der Waals surface area contributed by atoms with Gasteiger partial charge in [-0.05, 0) is 63.1 Å². The van der Waals surface area contributed by atoms with Crippen molar-refractivity contribution in [3.05, 3.63) is 78.7 Å². The zero-order valence-corrected chi connectivity index (χ0v) is 22.3. The quantitative estimate of drug-likeness (QED) is 0.358. The molecule has 2 aromatic heterocycles. The van der Waals surface area contributed by atoms with Crippen LogP contribution in [0.2, 0.25) is 0 Å². The number of thiazole rings is 1. The van der Waals surface area contributed by atoms with E-state index in [1.54, 1.807) is 36.3 Å². The fourth-order valence-electron chi connectivity index (χ4n) is 4.73. The highest BCUT2D eigenvalue weighted by Gasteiger charge is 2.33. The van der Waals surface area contributed by atoms with Gasteiger partial charge < -0.3 is 14.1 Å². The number of esters is 1. The summed E-state index contributed by atoms with van der Waals surface area (Å²) >= 11 is 2.94. The highest BCUT2D eigenvalue weighted by atomic mass is 32.2. The number of anilines is 1. The van der Waals surface area contributed by atoms with Crippen molar-refractivity contribution >= 4 is 41.0 Å². The number of piperidine rings is 1. The number of hydrogen-bond donors (Lipinski definition) is 0. The van der Waals surface area contributed by atoms with Gasteiger partial charge in [0.05, 0.1) is 28.5 Å². The van der Waals surface area contributed by atoms with Gasteiger partial charge in [0.2, 0.25) is 0 Å². The first-order chi connectivity index (χ1) is 17.5. The van der Waals surface area contributed by atoms with Crippen LogP contribution in [0.15, 0.2) is 66.8 Å². The second-order valence-electron chi connectivity index (χ2n) is 8.80. The minimum absolute atomic E-state index is 0.206. The van der Waals surface area contributed by atoms with Gasteiger partial charge in [-0.15, -0.1) is 11.8 Å². The van der Waals surface area contributed by atoms with Crippen molar-refractivity contribution in [3.8, 4) is 0 Å². The fourth-order valence-corrected chi connectivity index (χ4v) is 6.16. The molecule has 7 nitrogen and oxygen atoms in total. The number of rotatable bonds is 6. The van der Waals surface area contributed by atoms with Crippen LogP contribution in [0.3, 0.4) is 0 Å². The van der Waals surface area contributed by atoms with Gasteiger partial charge >= 0.3 is 5.97 Å². The van der Waals surface area contributed by atoms with Crippen molar-refractivity contribution in [2.45, 2.75) is 44.0 Å². The van der Waals surface area contributed by atoms with Crippen molar-refractivity contribution in [1.29, 1.82) is 0 Å². The molecular weight excluding hydrogens is 494 g/mol. The van der Waals surface area contributed by atoms with Gasteiger partial charge in [0.25, 0.3) is 5.56 Å². The lowest BCUT2D eigenvalue weighted by molar-refractivity contribution is -0.139. The number of hydrogen-bond acceptors (Lipinski definition) is 8. The van der Waals surface area contributed by atoms with Crippen molar-refractivity contribution < 1.29 is 13.9 Å². The largest absolute Gasteiger partial charge is 0.463 e. The summed E-state index contributed by atoms with van der Waals surface area (Å²) in [6.07, 6.45) is 7.36. The van der Waals surface area contributed by atoms with Crippen LogP contribution in [0.25, 0.3) is 6.08 Å². The lowest BCUT2D eigenvalue weighted by Crippen LogP contribution is -2.39. The van der Waals surface area contributed by atoms with E-state index in [-0.39, 0.29) is 12.2 Å². The molecule has 2 aliphatic rings. The first-order valence-electron chi connectivity index (χ1n) is 12.2. The molecule has 1 atom stereocenters. The smallest absolute Gasteiger partial charge is 0.338 e. The molecule has 0 amide bonds. The third-order valence-electron chi connectivity index (χ3n) is 6.50. The predicted octanol–water partition coefficient (Wildman–Crippen LogP) is 4.10. The van der Waals surface area contributed by atoms with Crippen molar-refractivity contribution in [3.63, 3.8) is 0 Å². The fraction of sp³-hybridized carbons (Fsp3) is 0.370. The van der Waals surface area contributed by atoms with Gasteiger partial charge in [-0.25, -0.2) is 9.79 Å². The van der Waals surface area contributed by atoms with Gasteiger partial charge in [-0.2, -0.15) is 0 Å². The molecule has 4 heterocycles. The van der Waals surface area contributed by atoms with Crippen LogP contribution >= 0.6 is 23.1 Å². The molecule has 0 N–H and O–H groups in total. The molecule has 3 aromatic rings. The summed E-state index contributed by atoms with van der Waals surface area (Å²) in [4.78, 5) is 35.3. The highest BCUT2D eigenvalue weighted by Crippen LogP contribution is 2.31. The van der Waals surface area contributed by atoms with E-state index >= 15 is 0 Å². The number of aromatic nitrogens is 1. The minimum atomic E-state index is -0.612. The molecule has 188 valence electrons. The van der Waals surface area contributed by atoms with Gasteiger partial charge in [0.15, 0.2) is 10.7 Å². The van der Waals surface area contributed by atoms with Crippen molar-refractivity contribution in [1.82, 2.24) is 4.57 Å². The molecule has 1 fully saturated rings. The van der Waals surface area contributed by atoms with Crippen molar-refractivity contribution in [2.24, 2.45) is 4.99 Å². The maximum atomic E-state index is 13.7. The van der Waals surface area contributed by atoms with E-state index in [0.29, 0.717) is 26.4 Å². The van der Waals surface area contributed by atoms with Crippen molar-refractivity contribution in [2.75, 3.05) is 30.9 Å². The number of nitrogens with zero attached hydrogens (tertiary/aromatic N) is 3. The van der Waals surface area contributed by atoms with E-state index < -0.39 is 12.0 Å². The Labute approximate surface area is 217 Å². The number of carbonyl (C=O) groups is 1. The Morgan fingerprint density at radius 2 is 1.94 bits per heavy atom. The molecule has 1 saturated heterocycles. The molecule has 0 aliphatic carbocycles. The number of allylic oxidation sites excluding steroid dienone is 1. The molecule has 36 heavy (non-hydrogen) atoms. The van der Waals surface area contributed by atoms with E-state index in [4.69, 9.17) is 9.15 Å². The van der Waals surface area contributed by atoms with Crippen LogP contribution in [0, 0.1) is 0 Å². The number of thioether (sulfide) groups is 1. The minimum Gasteiger partial charge on any atom is -0.463 e. The normalized spacial score (nSPS) is 18.2. The summed E-state index contributed by atoms with van der Waals surface area (Å²) in [5, 5.41) is 0. The Bertz CT molecular complexity index is 1470. The maximum Gasteiger partial charge on any atom is 0.338 e. The van der Waals surface area contributed by atoms with E-state index in [2.05, 4.69) is 9.89 Å². The molecule has 2 aliphatic heterocycles. The molecule has 9 heteroatoms. The monoisotopic (exact) mass is 523 g/mol. The topological polar surface area (TPSA) is 77.0 Å². The molecule has 1 aromatic carbocycles. The van der Waals surface area contributed by atoms with Gasteiger partial charge in [-0.1, -0.05) is 23.5 Å². The Balaban J connectivity index is 1.60. The summed E-state index contributed by atoms with van der Waals surface area (Å²) < 4.78 is 13.6. The van der Waals surface area contributed by atoms with Crippen LogP contribution in [-0.2, 0) is 9.53 Å². The number of ether oxygens (including phenoxy) is 1. The molecule has 0 radical (unpaired) electrons. The van der Waals surface area contributed by atoms with Crippen LogP contribution in [0.1, 0.15) is 50.5 Å². The maximum absolute atomic E-state index is 13.7. The summed E-state index contributed by atoms with van der Waals surface area (Å²) in [6, 6.07) is 11.2. The molecule has 1 unspecified atom stereocenters. The standard InChI is InChI=1S/C27H29N3O4S2/c1-4-33-26(32)23-17(2)28-27-30(24(23)18-8-11-20(35-3)12-9-18)25(31)21(36-27)16-19-10-13-22(34-19)29-14-6-5-7-15-29/h8-13,16,24H,4-7,14-15H2,1-3H3/b21-16-. The molecule has 0 saturated carbocycles. The Morgan fingerprint density at radius 1 is 1.19 bits per heavy atom. The van der Waals surface area contributed by atoms with Crippen LogP contribution in [0.5, 0.6) is 0 Å². The van der Waals surface area contributed by atoms with Crippen LogP contribution in [-0.4, -0.2) is 36.5 Å². The van der Waals surface area contributed by atoms with E-state index in [9.17, 15) is 9.59 Å². The Morgan fingerprint density at radius 3 is 2.64 bits per heavy atom. The lowest BCUT2D eigenvalue weighted by atomic mass is 9.96. The van der Waals surface area contributed by atoms with Gasteiger partial charge in [0, 0.05) is 30.1 Å². The average Bonchev–Trinajstić information content (AvgIpc) is 3.48. The second-order valence-corrected chi connectivity index (χ2v) is 10.7. The van der Waals surface area contributed by atoms with Crippen LogP contribution < -0.4 is 19.8 Å². The van der Waals surface area contributed by atoms with E-state index in [0.717, 1.165) is 42.3 Å². The summed E-state index contributed by atoms with van der Waals surface area (Å²) in [5.74, 6) is 1.01. The van der Waals surface area contributed by atoms with Gasteiger partial charge in [0.1, 0.15) is 5.76 Å². The molecule has 0 spiro atoms. The van der Waals surface area contributed by atoms with E-state index in [1.807, 2.05) is 42.7 Å². The highest BCUT2D eigenvalue weighted by molar-refractivity contribution is 7.98. The second kappa shape index (κ2) is 10.5. The molecule has 0 bridgehead atoms. The Hall–Kier alpha value is -3.04. The zero-order chi connectivity index (χ0) is 25.2. The first-order valence-corrected chi connectivity index (χ1v) is 14.2. The predicted molar refractivity (Wildman–Crippen MR) is 143 cm³/mol. The summed E-state index contributed by atoms with van der Waals surface area (Å²) in [5.41, 5.74) is 1.58. The third-order valence-corrected chi connectivity index (χ3v) is 8.23. The summed E-state index contributed by atoms with van der Waals surface area (Å²) in [7, 11) is 0. The number of fused-ring (bicyclic) bond motifs is 1. The molecule has 5 rings (SSSR count). The SMILES string of the molecule is CCOC(=O)C1=C(C)N=c2s/c(=C\c3ccc(N4CCCCC4)o3)c(=O)n2C1c1ccc(SC)cc1. The van der Waals surface area contributed by atoms with Crippen LogP contribution in [0.4, 0.5) is 5.88 Å².